The van der Waals surface area contributed by atoms with Crippen molar-refractivity contribution in [3.05, 3.63) is 17.7 Å². The van der Waals surface area contributed by atoms with E-state index in [1.807, 2.05) is 0 Å². The summed E-state index contributed by atoms with van der Waals surface area (Å²) < 4.78 is 0. The normalized spacial score (nSPS) is 19.5. The molecule has 98 valence electrons. The molecule has 0 fully saturated rings. The van der Waals surface area contributed by atoms with Crippen molar-refractivity contribution in [2.45, 2.75) is 38.4 Å². The molecule has 1 amide bonds. The number of carboxylic acids is 1. The minimum atomic E-state index is -1.09. The molecule has 18 heavy (non-hydrogen) atoms. The molecule has 0 bridgehead atoms. The van der Waals surface area contributed by atoms with Crippen molar-refractivity contribution >= 4 is 11.9 Å². The van der Waals surface area contributed by atoms with E-state index < -0.39 is 17.6 Å². The van der Waals surface area contributed by atoms with Gasteiger partial charge in [0.05, 0.1) is 29.8 Å². The van der Waals surface area contributed by atoms with E-state index in [-0.39, 0.29) is 18.9 Å². The summed E-state index contributed by atoms with van der Waals surface area (Å²) in [4.78, 5) is 31.7. The Hall–Kier alpha value is -1.89. The standard InChI is InChI=1S/C11H16N4O3/c1-11(2,12)10(18)15-4-7-6(13-5-14-7)3-8(15)9(16)17/h5,8H,3-4,12H2,1-2H3,(H,13,14)(H,16,17). The highest BCUT2D eigenvalue weighted by Crippen LogP contribution is 2.23. The lowest BCUT2D eigenvalue weighted by Crippen LogP contribution is -2.57. The van der Waals surface area contributed by atoms with Crippen molar-refractivity contribution in [2.75, 3.05) is 0 Å². The SMILES string of the molecule is CC(C)(N)C(=O)N1Cc2[nH]cnc2CC1C(=O)O. The number of nitrogens with two attached hydrogens (primary N) is 1. The Kier molecular flexibility index (Phi) is 2.86. The van der Waals surface area contributed by atoms with Gasteiger partial charge in [-0.3, -0.25) is 4.79 Å². The van der Waals surface area contributed by atoms with Gasteiger partial charge in [0, 0.05) is 6.42 Å². The Balaban J connectivity index is 2.34. The molecule has 1 aromatic rings. The van der Waals surface area contributed by atoms with Gasteiger partial charge in [-0.15, -0.1) is 0 Å². The highest BCUT2D eigenvalue weighted by molar-refractivity contribution is 5.89. The van der Waals surface area contributed by atoms with E-state index in [0.717, 1.165) is 5.69 Å². The van der Waals surface area contributed by atoms with Crippen molar-refractivity contribution in [1.29, 1.82) is 0 Å². The first-order chi connectivity index (χ1) is 8.30. The van der Waals surface area contributed by atoms with Crippen LogP contribution in [0.2, 0.25) is 0 Å². The van der Waals surface area contributed by atoms with Crippen molar-refractivity contribution < 1.29 is 14.7 Å². The number of aliphatic carboxylic acids is 1. The zero-order chi connectivity index (χ0) is 13.5. The summed E-state index contributed by atoms with van der Waals surface area (Å²) in [6, 6.07) is -0.906. The van der Waals surface area contributed by atoms with Gasteiger partial charge in [-0.25, -0.2) is 9.78 Å². The van der Waals surface area contributed by atoms with Gasteiger partial charge in [-0.2, -0.15) is 0 Å². The Morgan fingerprint density at radius 1 is 1.61 bits per heavy atom. The van der Waals surface area contributed by atoms with Crippen LogP contribution in [0.3, 0.4) is 0 Å². The highest BCUT2D eigenvalue weighted by Gasteiger charge is 2.39. The first kappa shape index (κ1) is 12.6. The molecule has 2 heterocycles. The van der Waals surface area contributed by atoms with Crippen LogP contribution in [0.25, 0.3) is 0 Å². The van der Waals surface area contributed by atoms with Crippen LogP contribution >= 0.6 is 0 Å². The fourth-order valence-electron chi connectivity index (χ4n) is 2.04. The molecule has 1 atom stereocenters. The highest BCUT2D eigenvalue weighted by atomic mass is 16.4. The maximum absolute atomic E-state index is 12.2. The molecule has 2 rings (SSSR count). The molecule has 0 spiro atoms. The lowest BCUT2D eigenvalue weighted by atomic mass is 9.98. The Bertz CT molecular complexity index is 489. The summed E-state index contributed by atoms with van der Waals surface area (Å²) in [5.74, 6) is -1.42. The van der Waals surface area contributed by atoms with Crippen LogP contribution in [0.4, 0.5) is 0 Å². The zero-order valence-electron chi connectivity index (χ0n) is 10.3. The van der Waals surface area contributed by atoms with Gasteiger partial charge >= 0.3 is 5.97 Å². The third-order valence-electron chi connectivity index (χ3n) is 3.00. The number of carbonyl (C=O) groups is 2. The number of aromatic amines is 1. The molecule has 4 N–H and O–H groups in total. The molecule has 1 unspecified atom stereocenters. The number of carboxylic acid groups (broad SMARTS) is 1. The number of carbonyl (C=O) groups excluding carboxylic acids is 1. The third kappa shape index (κ3) is 2.08. The monoisotopic (exact) mass is 252 g/mol. The number of fused-ring (bicyclic) bond motifs is 1. The molecule has 1 aromatic heterocycles. The van der Waals surface area contributed by atoms with Crippen LogP contribution < -0.4 is 5.73 Å². The van der Waals surface area contributed by atoms with Crippen LogP contribution in [0.5, 0.6) is 0 Å². The number of rotatable bonds is 2. The number of amides is 1. The lowest BCUT2D eigenvalue weighted by Gasteiger charge is -2.36. The predicted octanol–water partition coefficient (Wildman–Crippen LogP) is -0.515. The second kappa shape index (κ2) is 4.09. The Morgan fingerprint density at radius 3 is 2.83 bits per heavy atom. The smallest absolute Gasteiger partial charge is 0.326 e. The minimum Gasteiger partial charge on any atom is -0.480 e. The minimum absolute atomic E-state index is 0.200. The Morgan fingerprint density at radius 2 is 2.28 bits per heavy atom. The van der Waals surface area contributed by atoms with Gasteiger partial charge in [-0.1, -0.05) is 0 Å². The molecule has 0 saturated heterocycles. The second-order valence-electron chi connectivity index (χ2n) is 5.04. The van der Waals surface area contributed by atoms with E-state index in [4.69, 9.17) is 5.73 Å². The summed E-state index contributed by atoms with van der Waals surface area (Å²) in [5, 5.41) is 9.21. The lowest BCUT2D eigenvalue weighted by molar-refractivity contribution is -0.153. The number of aromatic nitrogens is 2. The van der Waals surface area contributed by atoms with E-state index in [2.05, 4.69) is 9.97 Å². The van der Waals surface area contributed by atoms with Gasteiger partial charge in [0.1, 0.15) is 6.04 Å². The maximum Gasteiger partial charge on any atom is 0.326 e. The van der Waals surface area contributed by atoms with E-state index in [0.29, 0.717) is 5.69 Å². The van der Waals surface area contributed by atoms with Gasteiger partial charge < -0.3 is 20.7 Å². The molecule has 1 aliphatic rings. The van der Waals surface area contributed by atoms with Crippen LogP contribution in [0, 0.1) is 0 Å². The average Bonchev–Trinajstić information content (AvgIpc) is 2.71. The fourth-order valence-corrected chi connectivity index (χ4v) is 2.04. The molecule has 0 radical (unpaired) electrons. The summed E-state index contributed by atoms with van der Waals surface area (Å²) in [6.07, 6.45) is 1.71. The molecular formula is C11H16N4O3. The van der Waals surface area contributed by atoms with Crippen molar-refractivity contribution in [2.24, 2.45) is 5.73 Å². The van der Waals surface area contributed by atoms with Crippen molar-refractivity contribution in [1.82, 2.24) is 14.9 Å². The predicted molar refractivity (Wildman–Crippen MR) is 62.5 cm³/mol. The topological polar surface area (TPSA) is 112 Å². The van der Waals surface area contributed by atoms with Crippen LogP contribution in [-0.4, -0.2) is 43.4 Å². The third-order valence-corrected chi connectivity index (χ3v) is 3.00. The molecule has 0 saturated carbocycles. The summed E-state index contributed by atoms with van der Waals surface area (Å²) in [6.45, 7) is 3.33. The maximum atomic E-state index is 12.2. The molecular weight excluding hydrogens is 236 g/mol. The first-order valence-corrected chi connectivity index (χ1v) is 5.64. The number of nitrogens with zero attached hydrogens (tertiary/aromatic N) is 2. The molecule has 0 aliphatic carbocycles. The van der Waals surface area contributed by atoms with Crippen LogP contribution in [-0.2, 0) is 22.6 Å². The van der Waals surface area contributed by atoms with Gasteiger partial charge in [0.25, 0.3) is 0 Å². The van der Waals surface area contributed by atoms with E-state index in [9.17, 15) is 14.7 Å². The number of imidazole rings is 1. The largest absolute Gasteiger partial charge is 0.480 e. The van der Waals surface area contributed by atoms with Crippen LogP contribution in [0.15, 0.2) is 6.33 Å². The fraction of sp³-hybridized carbons (Fsp3) is 0.545. The first-order valence-electron chi connectivity index (χ1n) is 5.64. The van der Waals surface area contributed by atoms with E-state index >= 15 is 0 Å². The van der Waals surface area contributed by atoms with Crippen LogP contribution in [0.1, 0.15) is 25.2 Å². The molecule has 7 nitrogen and oxygen atoms in total. The second-order valence-corrected chi connectivity index (χ2v) is 5.04. The zero-order valence-corrected chi connectivity index (χ0v) is 10.3. The van der Waals surface area contributed by atoms with Crippen molar-refractivity contribution in [3.63, 3.8) is 0 Å². The van der Waals surface area contributed by atoms with Gasteiger partial charge in [-0.05, 0) is 13.8 Å². The molecule has 1 aliphatic heterocycles. The summed E-state index contributed by atoms with van der Waals surface area (Å²) in [5.41, 5.74) is 6.13. The van der Waals surface area contributed by atoms with E-state index in [1.54, 1.807) is 13.8 Å². The summed E-state index contributed by atoms with van der Waals surface area (Å²) >= 11 is 0. The average molecular weight is 252 g/mol. The van der Waals surface area contributed by atoms with E-state index in [1.165, 1.54) is 11.2 Å². The number of H-pyrrole nitrogens is 1. The number of hydrogen-bond acceptors (Lipinski definition) is 4. The summed E-state index contributed by atoms with van der Waals surface area (Å²) in [7, 11) is 0. The number of hydrogen-bond donors (Lipinski definition) is 3. The molecule has 7 heteroatoms. The quantitative estimate of drug-likeness (QED) is 0.656. The van der Waals surface area contributed by atoms with Gasteiger partial charge in [0.15, 0.2) is 0 Å². The molecule has 0 aromatic carbocycles. The van der Waals surface area contributed by atoms with Gasteiger partial charge in [0.2, 0.25) is 5.91 Å². The van der Waals surface area contributed by atoms with Crippen molar-refractivity contribution in [3.8, 4) is 0 Å². The number of nitrogens with one attached hydrogen (secondary N) is 1. The Labute approximate surface area is 104 Å².